The van der Waals surface area contributed by atoms with Gasteiger partial charge in [0.15, 0.2) is 0 Å². The van der Waals surface area contributed by atoms with Gasteiger partial charge in [-0.15, -0.1) is 0 Å². The Balaban J connectivity index is 2.03. The lowest BCUT2D eigenvalue weighted by Gasteiger charge is -2.20. The van der Waals surface area contributed by atoms with E-state index in [4.69, 9.17) is 14.9 Å². The van der Waals surface area contributed by atoms with Crippen molar-refractivity contribution in [3.05, 3.63) is 59.2 Å². The summed E-state index contributed by atoms with van der Waals surface area (Å²) in [7, 11) is 1.93. The number of anilines is 1. The molecular weight excluding hydrogens is 310 g/mol. The average molecular weight is 329 g/mol. The topological polar surface area (TPSA) is 87.1 Å². The lowest BCUT2D eigenvalue weighted by molar-refractivity contribution is 0.0696. The van der Waals surface area contributed by atoms with Crippen molar-refractivity contribution in [2.24, 2.45) is 0 Å². The number of hydrogen-bond acceptors (Lipinski definition) is 4. The molecule has 2 aromatic rings. The number of nitrogens with zero attached hydrogens (tertiary/aromatic N) is 1. The Labute approximate surface area is 139 Å². The van der Waals surface area contributed by atoms with E-state index in [9.17, 15) is 9.59 Å². The highest BCUT2D eigenvalue weighted by molar-refractivity contribution is 5.94. The second kappa shape index (κ2) is 7.50. The summed E-state index contributed by atoms with van der Waals surface area (Å²) in [6, 6.07) is 11.8. The molecule has 0 radical (unpaired) electrons. The van der Waals surface area contributed by atoms with Crippen LogP contribution in [0.2, 0.25) is 0 Å². The summed E-state index contributed by atoms with van der Waals surface area (Å²) in [6.07, 6.45) is 0. The molecule has 24 heavy (non-hydrogen) atoms. The van der Waals surface area contributed by atoms with Gasteiger partial charge in [0, 0.05) is 12.7 Å². The highest BCUT2D eigenvalue weighted by atomic mass is 16.5. The number of ether oxygens (including phenoxy) is 1. The molecule has 0 aliphatic rings. The van der Waals surface area contributed by atoms with E-state index in [2.05, 4.69) is 0 Å². The Bertz CT molecular complexity index is 725. The molecule has 0 spiro atoms. The second-order valence-electron chi connectivity index (χ2n) is 5.47. The van der Waals surface area contributed by atoms with Gasteiger partial charge in [0.05, 0.1) is 17.7 Å². The summed E-state index contributed by atoms with van der Waals surface area (Å²) >= 11 is 0. The second-order valence-corrected chi connectivity index (χ2v) is 5.47. The van der Waals surface area contributed by atoms with Crippen LogP contribution in [0.3, 0.4) is 0 Å². The first-order valence-electron chi connectivity index (χ1n) is 7.39. The molecule has 0 heterocycles. The molecule has 6 nitrogen and oxygen atoms in total. The third kappa shape index (κ3) is 4.49. The van der Waals surface area contributed by atoms with Gasteiger partial charge in [-0.3, -0.25) is 0 Å². The van der Waals surface area contributed by atoms with E-state index < -0.39 is 11.9 Å². The Morgan fingerprint density at radius 3 is 2.21 bits per heavy atom. The van der Waals surface area contributed by atoms with Crippen molar-refractivity contribution in [2.45, 2.75) is 6.92 Å². The van der Waals surface area contributed by atoms with Crippen LogP contribution in [0.1, 0.15) is 26.3 Å². The van der Waals surface area contributed by atoms with Gasteiger partial charge >= 0.3 is 11.9 Å². The molecule has 0 aliphatic heterocycles. The van der Waals surface area contributed by atoms with Crippen LogP contribution in [0.5, 0.6) is 5.75 Å². The highest BCUT2D eigenvalue weighted by Crippen LogP contribution is 2.18. The summed E-state index contributed by atoms with van der Waals surface area (Å²) in [5.41, 5.74) is 1.97. The van der Waals surface area contributed by atoms with E-state index >= 15 is 0 Å². The van der Waals surface area contributed by atoms with Crippen LogP contribution in [0.15, 0.2) is 42.5 Å². The summed E-state index contributed by atoms with van der Waals surface area (Å²) in [5.74, 6) is -2.16. The number of aromatic carboxylic acids is 2. The molecule has 0 amide bonds. The maximum absolute atomic E-state index is 11.1. The summed E-state index contributed by atoms with van der Waals surface area (Å²) in [4.78, 5) is 24.1. The minimum absolute atomic E-state index is 0.114. The molecule has 0 unspecified atom stereocenters. The zero-order chi connectivity index (χ0) is 17.7. The van der Waals surface area contributed by atoms with Gasteiger partial charge < -0.3 is 19.8 Å². The van der Waals surface area contributed by atoms with Gasteiger partial charge in [-0.25, -0.2) is 9.59 Å². The maximum Gasteiger partial charge on any atom is 0.335 e. The monoisotopic (exact) mass is 329 g/mol. The third-order valence-electron chi connectivity index (χ3n) is 3.54. The first kappa shape index (κ1) is 17.3. The van der Waals surface area contributed by atoms with Crippen molar-refractivity contribution in [2.75, 3.05) is 25.1 Å². The van der Waals surface area contributed by atoms with Crippen LogP contribution in [0, 0.1) is 6.92 Å². The number of carboxylic acids is 2. The van der Waals surface area contributed by atoms with Gasteiger partial charge in [-0.05, 0) is 42.8 Å². The number of rotatable bonds is 7. The molecule has 0 bridgehead atoms. The Kier molecular flexibility index (Phi) is 5.42. The van der Waals surface area contributed by atoms with Crippen LogP contribution >= 0.6 is 0 Å². The number of hydrogen-bond donors (Lipinski definition) is 2. The standard InChI is InChI=1S/C18H19NO5/c1-12-4-3-5-15(8-12)19(2)6-7-24-16-10-13(17(20)21)9-14(11-16)18(22)23/h3-5,8-11H,6-7H2,1-2H3,(H,20,21)(H,22,23). The number of carbonyl (C=O) groups is 2. The normalized spacial score (nSPS) is 10.2. The Morgan fingerprint density at radius 1 is 1.04 bits per heavy atom. The van der Waals surface area contributed by atoms with Gasteiger partial charge in [0.1, 0.15) is 12.4 Å². The molecule has 2 rings (SSSR count). The molecule has 2 aromatic carbocycles. The predicted octanol–water partition coefficient (Wildman–Crippen LogP) is 2.91. The lowest BCUT2D eigenvalue weighted by atomic mass is 10.1. The fraction of sp³-hybridized carbons (Fsp3) is 0.222. The van der Waals surface area contributed by atoms with Crippen molar-refractivity contribution in [3.8, 4) is 5.75 Å². The van der Waals surface area contributed by atoms with Crippen molar-refractivity contribution < 1.29 is 24.5 Å². The summed E-state index contributed by atoms with van der Waals surface area (Å²) in [5, 5.41) is 18.1. The van der Waals surface area contributed by atoms with Crippen molar-refractivity contribution >= 4 is 17.6 Å². The van der Waals surface area contributed by atoms with E-state index in [1.165, 1.54) is 12.1 Å². The Hall–Kier alpha value is -3.02. The lowest BCUT2D eigenvalue weighted by Crippen LogP contribution is -2.23. The molecule has 6 heteroatoms. The van der Waals surface area contributed by atoms with Crippen molar-refractivity contribution in [1.82, 2.24) is 0 Å². The molecule has 2 N–H and O–H groups in total. The smallest absolute Gasteiger partial charge is 0.335 e. The molecule has 0 saturated carbocycles. The summed E-state index contributed by atoms with van der Waals surface area (Å²) < 4.78 is 5.54. The quantitative estimate of drug-likeness (QED) is 0.812. The highest BCUT2D eigenvalue weighted by Gasteiger charge is 2.12. The SMILES string of the molecule is Cc1cccc(N(C)CCOc2cc(C(=O)O)cc(C(=O)O)c2)c1. The third-order valence-corrected chi connectivity index (χ3v) is 3.54. The van der Waals surface area contributed by atoms with E-state index in [-0.39, 0.29) is 16.9 Å². The molecular formula is C18H19NO5. The van der Waals surface area contributed by atoms with Crippen LogP contribution < -0.4 is 9.64 Å². The molecule has 0 saturated heterocycles. The van der Waals surface area contributed by atoms with Crippen LogP contribution in [-0.2, 0) is 0 Å². The van der Waals surface area contributed by atoms with E-state index in [0.29, 0.717) is 13.2 Å². The molecule has 0 fully saturated rings. The number of likely N-dealkylation sites (N-methyl/N-ethyl adjacent to an activating group) is 1. The zero-order valence-corrected chi connectivity index (χ0v) is 13.5. The molecule has 0 aliphatic carbocycles. The fourth-order valence-corrected chi connectivity index (χ4v) is 2.22. The van der Waals surface area contributed by atoms with Crippen molar-refractivity contribution in [3.63, 3.8) is 0 Å². The predicted molar refractivity (Wildman–Crippen MR) is 90.3 cm³/mol. The van der Waals surface area contributed by atoms with Crippen LogP contribution in [0.4, 0.5) is 5.69 Å². The number of benzene rings is 2. The van der Waals surface area contributed by atoms with Gasteiger partial charge in [-0.1, -0.05) is 12.1 Å². The molecule has 0 atom stereocenters. The molecule has 0 aromatic heterocycles. The summed E-state index contributed by atoms with van der Waals surface area (Å²) in [6.45, 7) is 2.88. The van der Waals surface area contributed by atoms with Crippen LogP contribution in [-0.4, -0.2) is 42.4 Å². The molecule has 126 valence electrons. The minimum Gasteiger partial charge on any atom is -0.492 e. The van der Waals surface area contributed by atoms with E-state index in [1.54, 1.807) is 0 Å². The zero-order valence-electron chi connectivity index (χ0n) is 13.5. The maximum atomic E-state index is 11.1. The van der Waals surface area contributed by atoms with E-state index in [1.807, 2.05) is 43.1 Å². The first-order chi connectivity index (χ1) is 11.4. The van der Waals surface area contributed by atoms with Gasteiger partial charge in [0.25, 0.3) is 0 Å². The van der Waals surface area contributed by atoms with Crippen molar-refractivity contribution in [1.29, 1.82) is 0 Å². The first-order valence-corrected chi connectivity index (χ1v) is 7.39. The number of aryl methyl sites for hydroxylation is 1. The van der Waals surface area contributed by atoms with Crippen LogP contribution in [0.25, 0.3) is 0 Å². The average Bonchev–Trinajstić information content (AvgIpc) is 2.54. The number of carboxylic acid groups (broad SMARTS) is 2. The van der Waals surface area contributed by atoms with E-state index in [0.717, 1.165) is 17.3 Å². The fourth-order valence-electron chi connectivity index (χ4n) is 2.22. The van der Waals surface area contributed by atoms with Gasteiger partial charge in [0.2, 0.25) is 0 Å². The minimum atomic E-state index is -1.19. The largest absolute Gasteiger partial charge is 0.492 e. The Morgan fingerprint density at radius 2 is 1.67 bits per heavy atom. The van der Waals surface area contributed by atoms with Gasteiger partial charge in [-0.2, -0.15) is 0 Å².